The summed E-state index contributed by atoms with van der Waals surface area (Å²) in [7, 11) is 0. The number of hydrogen-bond donors (Lipinski definition) is 4. The number of rotatable bonds is 7. The first-order valence-corrected chi connectivity index (χ1v) is 10.4. The highest BCUT2D eigenvalue weighted by Crippen LogP contribution is 2.22. The highest BCUT2D eigenvalue weighted by molar-refractivity contribution is 6.40. The summed E-state index contributed by atoms with van der Waals surface area (Å²) in [6.07, 6.45) is 0.00641. The summed E-state index contributed by atoms with van der Waals surface area (Å²) in [6.45, 7) is 0. The first-order chi connectivity index (χ1) is 16.3. The minimum Gasteiger partial charge on any atom is -0.478 e. The Morgan fingerprint density at radius 2 is 1.47 bits per heavy atom. The Bertz CT molecular complexity index is 1240. The van der Waals surface area contributed by atoms with Crippen molar-refractivity contribution in [2.45, 2.75) is 12.5 Å². The molecule has 0 saturated carbocycles. The number of carbonyl (C=O) groups is 4. The van der Waals surface area contributed by atoms with E-state index in [4.69, 9.17) is 11.6 Å². The quantitative estimate of drug-likeness (QED) is 0.383. The van der Waals surface area contributed by atoms with E-state index in [-0.39, 0.29) is 28.4 Å². The van der Waals surface area contributed by atoms with Gasteiger partial charge in [0, 0.05) is 6.42 Å². The lowest BCUT2D eigenvalue weighted by Gasteiger charge is -2.19. The summed E-state index contributed by atoms with van der Waals surface area (Å²) in [4.78, 5) is 49.3. The molecule has 0 aliphatic carbocycles. The molecular weight excluding hydrogens is 465 g/mol. The zero-order valence-corrected chi connectivity index (χ0v) is 18.3. The van der Waals surface area contributed by atoms with Crippen LogP contribution in [0.4, 0.5) is 15.8 Å². The molecule has 174 valence electrons. The average Bonchev–Trinajstić information content (AvgIpc) is 2.82. The third-order valence-corrected chi connectivity index (χ3v) is 5.02. The number of carboxylic acids is 1. The van der Waals surface area contributed by atoms with Crippen LogP contribution in [-0.4, -0.2) is 34.8 Å². The summed E-state index contributed by atoms with van der Waals surface area (Å²) in [5, 5.41) is 16.0. The number of carbonyl (C=O) groups excluding carboxylic acids is 3. The van der Waals surface area contributed by atoms with Crippen molar-refractivity contribution in [3.8, 4) is 0 Å². The van der Waals surface area contributed by atoms with Gasteiger partial charge in [0.05, 0.1) is 22.0 Å². The molecule has 34 heavy (non-hydrogen) atoms. The number of hydrogen-bond acceptors (Lipinski definition) is 4. The minimum atomic E-state index is -1.25. The molecule has 0 fully saturated rings. The highest BCUT2D eigenvalue weighted by Gasteiger charge is 2.26. The molecule has 3 aromatic carbocycles. The van der Waals surface area contributed by atoms with Gasteiger partial charge in [0.2, 0.25) is 5.91 Å². The Labute approximate surface area is 198 Å². The molecule has 0 aliphatic rings. The van der Waals surface area contributed by atoms with Crippen molar-refractivity contribution < 1.29 is 28.7 Å². The lowest BCUT2D eigenvalue weighted by atomic mass is 10.0. The fourth-order valence-corrected chi connectivity index (χ4v) is 3.24. The van der Waals surface area contributed by atoms with E-state index in [1.54, 1.807) is 36.4 Å². The molecule has 0 radical (unpaired) electrons. The van der Waals surface area contributed by atoms with Gasteiger partial charge in [-0.15, -0.1) is 0 Å². The van der Waals surface area contributed by atoms with Crippen LogP contribution in [0, 0.1) is 5.82 Å². The standard InChI is InChI=1S/C24H19ClFN3O5/c25-16-10-6-12-18(20(16)26)28-22(31)23(32)29-19(13-14-7-2-1-3-8-14)21(30)27-17-11-5-4-9-15(17)24(33)34/h1-12,19H,13H2,(H,27,30)(H,28,31)(H,29,32)(H,33,34). The second-order valence-corrected chi connectivity index (χ2v) is 7.52. The van der Waals surface area contributed by atoms with Gasteiger partial charge < -0.3 is 21.1 Å². The number of para-hydroxylation sites is 1. The van der Waals surface area contributed by atoms with Crippen molar-refractivity contribution in [3.63, 3.8) is 0 Å². The van der Waals surface area contributed by atoms with Gasteiger partial charge in [-0.3, -0.25) is 14.4 Å². The molecule has 1 atom stereocenters. The fraction of sp³-hybridized carbons (Fsp3) is 0.0833. The smallest absolute Gasteiger partial charge is 0.337 e. The summed E-state index contributed by atoms with van der Waals surface area (Å²) >= 11 is 5.68. The van der Waals surface area contributed by atoms with Gasteiger partial charge in [-0.1, -0.05) is 60.1 Å². The SMILES string of the molecule is O=C(Nc1cccc(Cl)c1F)C(=O)NC(Cc1ccccc1)C(=O)Nc1ccccc1C(=O)O. The molecule has 0 aliphatic heterocycles. The molecule has 3 rings (SSSR count). The topological polar surface area (TPSA) is 125 Å². The number of amides is 3. The predicted octanol–water partition coefficient (Wildman–Crippen LogP) is 3.48. The largest absolute Gasteiger partial charge is 0.478 e. The van der Waals surface area contributed by atoms with Crippen LogP contribution < -0.4 is 16.0 Å². The fourth-order valence-electron chi connectivity index (χ4n) is 3.06. The maximum Gasteiger partial charge on any atom is 0.337 e. The van der Waals surface area contributed by atoms with Gasteiger partial charge in [0.1, 0.15) is 6.04 Å². The van der Waals surface area contributed by atoms with Crippen LogP contribution >= 0.6 is 11.6 Å². The van der Waals surface area contributed by atoms with Gasteiger partial charge in [0.15, 0.2) is 5.82 Å². The van der Waals surface area contributed by atoms with Crippen LogP contribution in [-0.2, 0) is 20.8 Å². The van der Waals surface area contributed by atoms with Crippen molar-refractivity contribution in [1.29, 1.82) is 0 Å². The molecule has 3 amide bonds. The summed E-state index contributed by atoms with van der Waals surface area (Å²) in [6, 6.07) is 17.1. The number of anilines is 2. The number of halogens is 2. The van der Waals surface area contributed by atoms with E-state index < -0.39 is 35.5 Å². The Balaban J connectivity index is 1.79. The summed E-state index contributed by atoms with van der Waals surface area (Å²) in [5.74, 6) is -5.30. The molecule has 0 aromatic heterocycles. The molecule has 0 saturated heterocycles. The molecule has 0 spiro atoms. The normalized spacial score (nSPS) is 11.2. The van der Waals surface area contributed by atoms with Crippen LogP contribution in [0.25, 0.3) is 0 Å². The van der Waals surface area contributed by atoms with Gasteiger partial charge >= 0.3 is 17.8 Å². The third-order valence-electron chi connectivity index (χ3n) is 4.73. The number of benzene rings is 3. The van der Waals surface area contributed by atoms with E-state index in [2.05, 4.69) is 16.0 Å². The molecule has 3 aromatic rings. The first-order valence-electron chi connectivity index (χ1n) is 9.99. The van der Waals surface area contributed by atoms with Crippen molar-refractivity contribution in [2.24, 2.45) is 0 Å². The maximum absolute atomic E-state index is 14.1. The first kappa shape index (κ1) is 24.4. The van der Waals surface area contributed by atoms with Crippen molar-refractivity contribution in [2.75, 3.05) is 10.6 Å². The van der Waals surface area contributed by atoms with Crippen LogP contribution in [0.1, 0.15) is 15.9 Å². The van der Waals surface area contributed by atoms with Crippen LogP contribution in [0.15, 0.2) is 72.8 Å². The van der Waals surface area contributed by atoms with Crippen molar-refractivity contribution >= 4 is 46.7 Å². The molecule has 4 N–H and O–H groups in total. The van der Waals surface area contributed by atoms with Crippen molar-refractivity contribution in [3.05, 3.63) is 94.8 Å². The molecule has 0 bridgehead atoms. The second kappa shape index (κ2) is 11.1. The van der Waals surface area contributed by atoms with E-state index >= 15 is 0 Å². The van der Waals surface area contributed by atoms with Crippen molar-refractivity contribution in [1.82, 2.24) is 5.32 Å². The van der Waals surface area contributed by atoms with Gasteiger partial charge in [-0.05, 0) is 29.8 Å². The predicted molar refractivity (Wildman–Crippen MR) is 124 cm³/mol. The van der Waals surface area contributed by atoms with E-state index in [9.17, 15) is 28.7 Å². The monoisotopic (exact) mass is 483 g/mol. The Morgan fingerprint density at radius 1 is 0.824 bits per heavy atom. The Kier molecular flexibility index (Phi) is 7.94. The zero-order chi connectivity index (χ0) is 24.7. The molecule has 8 nitrogen and oxygen atoms in total. The van der Waals surface area contributed by atoms with Gasteiger partial charge in [-0.25, -0.2) is 9.18 Å². The van der Waals surface area contributed by atoms with Crippen LogP contribution in [0.3, 0.4) is 0 Å². The lowest BCUT2D eigenvalue weighted by molar-refractivity contribution is -0.137. The minimum absolute atomic E-state index is 0.00641. The molecule has 0 heterocycles. The lowest BCUT2D eigenvalue weighted by Crippen LogP contribution is -2.49. The second-order valence-electron chi connectivity index (χ2n) is 7.11. The number of aromatic carboxylic acids is 1. The average molecular weight is 484 g/mol. The summed E-state index contributed by atoms with van der Waals surface area (Å²) in [5.41, 5.74) is 0.260. The van der Waals surface area contributed by atoms with Crippen LogP contribution in [0.5, 0.6) is 0 Å². The number of carboxylic acid groups (broad SMARTS) is 1. The summed E-state index contributed by atoms with van der Waals surface area (Å²) < 4.78 is 14.1. The molecule has 1 unspecified atom stereocenters. The van der Waals surface area contributed by atoms with Gasteiger partial charge in [-0.2, -0.15) is 0 Å². The zero-order valence-electron chi connectivity index (χ0n) is 17.5. The highest BCUT2D eigenvalue weighted by atomic mass is 35.5. The van der Waals surface area contributed by atoms with Gasteiger partial charge in [0.25, 0.3) is 0 Å². The van der Waals surface area contributed by atoms with E-state index in [1.165, 1.54) is 36.4 Å². The van der Waals surface area contributed by atoms with Crippen LogP contribution in [0.2, 0.25) is 5.02 Å². The van der Waals surface area contributed by atoms with E-state index in [0.29, 0.717) is 5.56 Å². The Morgan fingerprint density at radius 3 is 2.18 bits per heavy atom. The molecular formula is C24H19ClFN3O5. The third kappa shape index (κ3) is 6.17. The maximum atomic E-state index is 14.1. The van der Waals surface area contributed by atoms with E-state index in [1.807, 2.05) is 0 Å². The number of nitrogens with one attached hydrogen (secondary N) is 3. The Hall–Kier alpha value is -4.24. The molecule has 10 heteroatoms. The van der Waals surface area contributed by atoms with E-state index in [0.717, 1.165) is 0 Å².